The number of aryl methyl sites for hydroxylation is 2. The molecule has 4 rings (SSSR count). The minimum Gasteiger partial charge on any atom is -0.491 e. The molecule has 0 spiro atoms. The number of esters is 1. The molecule has 3 aromatic rings. The van der Waals surface area contributed by atoms with Gasteiger partial charge in [-0.2, -0.15) is 0 Å². The van der Waals surface area contributed by atoms with E-state index in [1.807, 2.05) is 32.0 Å². The molecule has 1 aliphatic rings. The van der Waals surface area contributed by atoms with Crippen LogP contribution in [0.4, 0.5) is 10.5 Å². The highest BCUT2D eigenvalue weighted by Gasteiger charge is 2.35. The summed E-state index contributed by atoms with van der Waals surface area (Å²) in [7, 11) is 0. The van der Waals surface area contributed by atoms with Gasteiger partial charge < -0.3 is 14.2 Å². The van der Waals surface area contributed by atoms with Gasteiger partial charge in [0.05, 0.1) is 28.5 Å². The predicted octanol–water partition coefficient (Wildman–Crippen LogP) is 5.94. The van der Waals surface area contributed by atoms with Crippen LogP contribution in [-0.2, 0) is 4.79 Å². The number of thioether (sulfide) groups is 1. The molecule has 0 saturated carbocycles. The van der Waals surface area contributed by atoms with Gasteiger partial charge in [-0.15, -0.1) is 0 Å². The standard InChI is InChI=1S/C29H26N2O8S/c1-4-37-25-16-20(7-12-23(25)39-28(33)21-8-10-22(11-9-21)31(35)36)17-26-27(32)30(29(34)40-26)13-14-38-24-15-18(2)5-6-19(24)3/h5-12,15-17H,4,13-14H2,1-3H3/b26-17-. The Kier molecular flexibility index (Phi) is 8.85. The van der Waals surface area contributed by atoms with Crippen LogP contribution in [0.2, 0.25) is 0 Å². The number of carbonyl (C=O) groups is 3. The van der Waals surface area contributed by atoms with Crippen molar-refractivity contribution in [2.24, 2.45) is 0 Å². The maximum Gasteiger partial charge on any atom is 0.343 e. The number of carbonyl (C=O) groups excluding carboxylic acids is 3. The SMILES string of the molecule is CCOc1cc(/C=C2\SC(=O)N(CCOc3cc(C)ccc3C)C2=O)ccc1OC(=O)c1ccc([N+](=O)[O-])cc1. The maximum absolute atomic E-state index is 12.9. The first-order valence-corrected chi connectivity index (χ1v) is 13.2. The summed E-state index contributed by atoms with van der Waals surface area (Å²) in [5.41, 5.74) is 2.57. The van der Waals surface area contributed by atoms with E-state index in [1.54, 1.807) is 25.1 Å². The number of amides is 2. The minimum atomic E-state index is -0.715. The maximum atomic E-state index is 12.9. The number of benzene rings is 3. The van der Waals surface area contributed by atoms with Crippen molar-refractivity contribution < 1.29 is 33.5 Å². The molecule has 206 valence electrons. The summed E-state index contributed by atoms with van der Waals surface area (Å²) in [5.74, 6) is -0.0361. The van der Waals surface area contributed by atoms with E-state index in [9.17, 15) is 24.5 Å². The Morgan fingerprint density at radius 1 is 0.975 bits per heavy atom. The van der Waals surface area contributed by atoms with E-state index in [2.05, 4.69) is 0 Å². The molecule has 40 heavy (non-hydrogen) atoms. The van der Waals surface area contributed by atoms with Crippen LogP contribution in [0, 0.1) is 24.0 Å². The van der Waals surface area contributed by atoms with Crippen LogP contribution in [0.15, 0.2) is 65.6 Å². The summed E-state index contributed by atoms with van der Waals surface area (Å²) in [6.45, 7) is 6.20. The van der Waals surface area contributed by atoms with Gasteiger partial charge in [-0.25, -0.2) is 4.79 Å². The lowest BCUT2D eigenvalue weighted by atomic mass is 10.1. The Labute approximate surface area is 234 Å². The molecule has 1 heterocycles. The fraction of sp³-hybridized carbons (Fsp3) is 0.207. The van der Waals surface area contributed by atoms with Gasteiger partial charge in [0.1, 0.15) is 12.4 Å². The number of rotatable bonds is 10. The van der Waals surface area contributed by atoms with Crippen LogP contribution in [-0.4, -0.2) is 46.7 Å². The molecule has 0 radical (unpaired) electrons. The quantitative estimate of drug-likeness (QED) is 0.0969. The van der Waals surface area contributed by atoms with Crippen molar-refractivity contribution in [3.63, 3.8) is 0 Å². The lowest BCUT2D eigenvalue weighted by Gasteiger charge is -2.14. The van der Waals surface area contributed by atoms with Crippen molar-refractivity contribution in [2.75, 3.05) is 19.8 Å². The number of nitro groups is 1. The Morgan fingerprint density at radius 2 is 1.73 bits per heavy atom. The van der Waals surface area contributed by atoms with Gasteiger partial charge in [-0.05, 0) is 85.6 Å². The zero-order valence-corrected chi connectivity index (χ0v) is 22.9. The fourth-order valence-electron chi connectivity index (χ4n) is 3.80. The lowest BCUT2D eigenvalue weighted by molar-refractivity contribution is -0.384. The van der Waals surface area contributed by atoms with Gasteiger partial charge >= 0.3 is 5.97 Å². The molecule has 2 amide bonds. The third kappa shape index (κ3) is 6.67. The largest absolute Gasteiger partial charge is 0.491 e. The van der Waals surface area contributed by atoms with Gasteiger partial charge in [-0.1, -0.05) is 18.2 Å². The molecule has 1 aliphatic heterocycles. The average Bonchev–Trinajstić information content (AvgIpc) is 3.19. The zero-order valence-electron chi connectivity index (χ0n) is 22.0. The van der Waals surface area contributed by atoms with Gasteiger partial charge in [-0.3, -0.25) is 24.6 Å². The summed E-state index contributed by atoms with van der Waals surface area (Å²) in [6, 6.07) is 15.6. The van der Waals surface area contributed by atoms with E-state index in [4.69, 9.17) is 14.2 Å². The minimum absolute atomic E-state index is 0.108. The molecule has 11 heteroatoms. The molecule has 0 atom stereocenters. The topological polar surface area (TPSA) is 125 Å². The van der Waals surface area contributed by atoms with Crippen molar-refractivity contribution in [2.45, 2.75) is 20.8 Å². The van der Waals surface area contributed by atoms with Gasteiger partial charge in [0.15, 0.2) is 11.5 Å². The highest BCUT2D eigenvalue weighted by molar-refractivity contribution is 8.18. The van der Waals surface area contributed by atoms with Gasteiger partial charge in [0.25, 0.3) is 16.8 Å². The van der Waals surface area contributed by atoms with E-state index in [0.29, 0.717) is 11.3 Å². The van der Waals surface area contributed by atoms with Crippen LogP contribution in [0.25, 0.3) is 6.08 Å². The molecule has 0 aromatic heterocycles. The van der Waals surface area contributed by atoms with Gasteiger partial charge in [0, 0.05) is 12.1 Å². The van der Waals surface area contributed by atoms with Crippen molar-refractivity contribution in [1.82, 2.24) is 4.90 Å². The summed E-state index contributed by atoms with van der Waals surface area (Å²) in [6.07, 6.45) is 1.57. The summed E-state index contributed by atoms with van der Waals surface area (Å²) in [5, 5.41) is 10.5. The Bertz CT molecular complexity index is 1500. The second-order valence-corrected chi connectivity index (χ2v) is 9.78. The number of ether oxygens (including phenoxy) is 3. The molecule has 0 aliphatic carbocycles. The van der Waals surface area contributed by atoms with Crippen LogP contribution in [0.1, 0.15) is 34.0 Å². The summed E-state index contributed by atoms with van der Waals surface area (Å²) in [4.78, 5) is 49.7. The van der Waals surface area contributed by atoms with Crippen LogP contribution < -0.4 is 14.2 Å². The lowest BCUT2D eigenvalue weighted by Crippen LogP contribution is -2.32. The van der Waals surface area contributed by atoms with E-state index >= 15 is 0 Å². The second kappa shape index (κ2) is 12.5. The Balaban J connectivity index is 1.44. The van der Waals surface area contributed by atoms with Crippen LogP contribution in [0.3, 0.4) is 0 Å². The highest BCUT2D eigenvalue weighted by Crippen LogP contribution is 2.35. The van der Waals surface area contributed by atoms with Crippen LogP contribution >= 0.6 is 11.8 Å². The number of hydrogen-bond acceptors (Lipinski definition) is 9. The summed E-state index contributed by atoms with van der Waals surface area (Å²) >= 11 is 0.832. The monoisotopic (exact) mass is 562 g/mol. The van der Waals surface area contributed by atoms with Crippen molar-refractivity contribution >= 4 is 40.6 Å². The molecule has 3 aromatic carbocycles. The normalized spacial score (nSPS) is 14.0. The molecule has 10 nitrogen and oxygen atoms in total. The van der Waals surface area contributed by atoms with E-state index in [1.165, 1.54) is 30.3 Å². The predicted molar refractivity (Wildman–Crippen MR) is 150 cm³/mol. The smallest absolute Gasteiger partial charge is 0.343 e. The molecule has 1 saturated heterocycles. The number of hydrogen-bond donors (Lipinski definition) is 0. The molecular formula is C29H26N2O8S. The van der Waals surface area contributed by atoms with E-state index in [-0.39, 0.29) is 52.7 Å². The molecule has 0 unspecified atom stereocenters. The molecular weight excluding hydrogens is 536 g/mol. The van der Waals surface area contributed by atoms with Crippen molar-refractivity contribution in [3.8, 4) is 17.2 Å². The van der Waals surface area contributed by atoms with Crippen molar-refractivity contribution in [3.05, 3.63) is 97.9 Å². The first-order valence-electron chi connectivity index (χ1n) is 12.3. The first kappa shape index (κ1) is 28.4. The zero-order chi connectivity index (χ0) is 28.8. The van der Waals surface area contributed by atoms with E-state index in [0.717, 1.165) is 27.8 Å². The molecule has 0 bridgehead atoms. The first-order chi connectivity index (χ1) is 19.2. The second-order valence-electron chi connectivity index (χ2n) is 8.78. The average molecular weight is 563 g/mol. The van der Waals surface area contributed by atoms with Gasteiger partial charge in [0.2, 0.25) is 0 Å². The third-order valence-corrected chi connectivity index (χ3v) is 6.78. The number of non-ortho nitro benzene ring substituents is 1. The Hall–Kier alpha value is -4.64. The number of nitro benzene ring substituents is 1. The molecule has 0 N–H and O–H groups in total. The van der Waals surface area contributed by atoms with Crippen LogP contribution in [0.5, 0.6) is 17.2 Å². The number of imide groups is 1. The van der Waals surface area contributed by atoms with E-state index < -0.39 is 16.8 Å². The third-order valence-electron chi connectivity index (χ3n) is 5.87. The molecule has 1 fully saturated rings. The fourth-order valence-corrected chi connectivity index (χ4v) is 4.66. The highest BCUT2D eigenvalue weighted by atomic mass is 32.2. The Morgan fingerprint density at radius 3 is 2.42 bits per heavy atom. The van der Waals surface area contributed by atoms with Crippen molar-refractivity contribution in [1.29, 1.82) is 0 Å². The number of nitrogens with zero attached hydrogens (tertiary/aromatic N) is 2. The summed E-state index contributed by atoms with van der Waals surface area (Å²) < 4.78 is 16.9.